The highest BCUT2D eigenvalue weighted by Crippen LogP contribution is 2.37. The van der Waals surface area contributed by atoms with Gasteiger partial charge < -0.3 is 14.8 Å². The average Bonchev–Trinajstić information content (AvgIpc) is 3.22. The normalized spacial score (nSPS) is 17.6. The summed E-state index contributed by atoms with van der Waals surface area (Å²) in [5, 5.41) is 3.48. The van der Waals surface area contributed by atoms with E-state index in [-0.39, 0.29) is 24.3 Å². The Labute approximate surface area is 203 Å². The molecule has 1 aliphatic rings. The molecule has 4 aromatic rings. The maximum atomic E-state index is 13.8. The van der Waals surface area contributed by atoms with Crippen LogP contribution >= 0.6 is 11.6 Å². The summed E-state index contributed by atoms with van der Waals surface area (Å²) in [5.41, 5.74) is 4.24. The Balaban J connectivity index is 1.50. The number of hydrogen-bond donors (Lipinski definition) is 1. The van der Waals surface area contributed by atoms with Gasteiger partial charge in [-0.05, 0) is 49.2 Å². The molecule has 1 aliphatic heterocycles. The number of aromatic nitrogens is 2. The largest absolute Gasteiger partial charge is 0.327 e. The summed E-state index contributed by atoms with van der Waals surface area (Å²) >= 11 is 6.22. The number of imidazole rings is 1. The molecule has 0 radical (unpaired) electrons. The molecule has 2 heterocycles. The number of rotatable bonds is 5. The minimum atomic E-state index is -0.691. The maximum Gasteiger partial charge on any atom is 0.247 e. The number of nitrogens with zero attached hydrogens (tertiary/aromatic N) is 3. The zero-order chi connectivity index (χ0) is 23.8. The molecule has 0 spiro atoms. The van der Waals surface area contributed by atoms with Crippen molar-refractivity contribution < 1.29 is 9.59 Å². The number of nitrogens with one attached hydrogen (secondary N) is 1. The molecule has 0 saturated carbocycles. The highest BCUT2D eigenvalue weighted by molar-refractivity contribution is 6.31. The van der Waals surface area contributed by atoms with Gasteiger partial charge in [0.15, 0.2) is 0 Å². The van der Waals surface area contributed by atoms with Gasteiger partial charge in [0.2, 0.25) is 11.8 Å². The fraction of sp³-hybridized carbons (Fsp3) is 0.222. The smallest absolute Gasteiger partial charge is 0.247 e. The first-order valence-electron chi connectivity index (χ1n) is 11.3. The first-order chi connectivity index (χ1) is 16.4. The van der Waals surface area contributed by atoms with Crippen LogP contribution in [-0.2, 0) is 16.1 Å². The third kappa shape index (κ3) is 4.05. The molecule has 0 bridgehead atoms. The van der Waals surface area contributed by atoms with Crippen LogP contribution in [0.2, 0.25) is 5.02 Å². The monoisotopic (exact) mass is 472 g/mol. The third-order valence-electron chi connectivity index (χ3n) is 6.37. The molecular formula is C27H25ClN4O2. The number of para-hydroxylation sites is 2. The Morgan fingerprint density at radius 3 is 2.56 bits per heavy atom. The van der Waals surface area contributed by atoms with Crippen LogP contribution in [0.25, 0.3) is 11.0 Å². The van der Waals surface area contributed by atoms with Gasteiger partial charge in [0.25, 0.3) is 0 Å². The Morgan fingerprint density at radius 2 is 1.79 bits per heavy atom. The number of carbonyl (C=O) groups excluding carboxylic acids is 2. The minimum absolute atomic E-state index is 0.00427. The van der Waals surface area contributed by atoms with Crippen molar-refractivity contribution in [3.63, 3.8) is 0 Å². The fourth-order valence-electron chi connectivity index (χ4n) is 4.55. The van der Waals surface area contributed by atoms with Gasteiger partial charge >= 0.3 is 0 Å². The molecule has 1 N–H and O–H groups in total. The number of halogens is 1. The van der Waals surface area contributed by atoms with Gasteiger partial charge in [0.05, 0.1) is 23.5 Å². The van der Waals surface area contributed by atoms with Crippen LogP contribution < -0.4 is 5.32 Å². The van der Waals surface area contributed by atoms with Crippen molar-refractivity contribution in [2.75, 3.05) is 5.32 Å². The molecule has 7 heteroatoms. The van der Waals surface area contributed by atoms with Crippen molar-refractivity contribution in [2.45, 2.75) is 38.9 Å². The van der Waals surface area contributed by atoms with Crippen LogP contribution in [0.4, 0.5) is 5.69 Å². The molecule has 3 aromatic carbocycles. The van der Waals surface area contributed by atoms with E-state index in [0.29, 0.717) is 17.3 Å². The number of fused-ring (bicyclic) bond motifs is 3. The predicted octanol–water partition coefficient (Wildman–Crippen LogP) is 5.67. The van der Waals surface area contributed by atoms with Crippen LogP contribution in [-0.4, -0.2) is 26.3 Å². The van der Waals surface area contributed by atoms with Gasteiger partial charge in [0, 0.05) is 17.3 Å². The number of amides is 2. The Kier molecular flexibility index (Phi) is 5.84. The van der Waals surface area contributed by atoms with Crippen molar-refractivity contribution in [3.05, 3.63) is 94.8 Å². The summed E-state index contributed by atoms with van der Waals surface area (Å²) in [6.45, 7) is 4.35. The van der Waals surface area contributed by atoms with Gasteiger partial charge in [-0.3, -0.25) is 9.59 Å². The molecule has 172 valence electrons. The first kappa shape index (κ1) is 22.2. The minimum Gasteiger partial charge on any atom is -0.327 e. The summed E-state index contributed by atoms with van der Waals surface area (Å²) < 4.78 is 1.94. The summed E-state index contributed by atoms with van der Waals surface area (Å²) in [5.74, 6) is 0.438. The van der Waals surface area contributed by atoms with Gasteiger partial charge in [-0.2, -0.15) is 0 Å². The highest BCUT2D eigenvalue weighted by Gasteiger charge is 2.40. The lowest BCUT2D eigenvalue weighted by Crippen LogP contribution is -2.45. The van der Waals surface area contributed by atoms with Crippen molar-refractivity contribution in [1.82, 2.24) is 14.5 Å². The second-order valence-electron chi connectivity index (χ2n) is 8.69. The lowest BCUT2D eigenvalue weighted by atomic mass is 10.0. The molecule has 2 amide bonds. The fourth-order valence-corrected chi connectivity index (χ4v) is 4.73. The molecule has 5 rings (SSSR count). The molecule has 0 fully saturated rings. The van der Waals surface area contributed by atoms with Crippen LogP contribution in [0.1, 0.15) is 42.4 Å². The summed E-state index contributed by atoms with van der Waals surface area (Å²) in [4.78, 5) is 33.5. The number of aryl methyl sites for hydroxylation is 1. The molecule has 1 aromatic heterocycles. The van der Waals surface area contributed by atoms with E-state index in [4.69, 9.17) is 16.6 Å². The topological polar surface area (TPSA) is 67.2 Å². The van der Waals surface area contributed by atoms with E-state index in [9.17, 15) is 9.59 Å². The van der Waals surface area contributed by atoms with E-state index < -0.39 is 6.04 Å². The van der Waals surface area contributed by atoms with Gasteiger partial charge in [0.1, 0.15) is 11.9 Å². The zero-order valence-electron chi connectivity index (χ0n) is 19.0. The maximum absolute atomic E-state index is 13.8. The number of benzene rings is 3. The van der Waals surface area contributed by atoms with Crippen molar-refractivity contribution in [3.8, 4) is 0 Å². The van der Waals surface area contributed by atoms with E-state index in [2.05, 4.69) is 5.32 Å². The van der Waals surface area contributed by atoms with E-state index >= 15 is 0 Å². The van der Waals surface area contributed by atoms with E-state index in [1.807, 2.05) is 90.0 Å². The van der Waals surface area contributed by atoms with Gasteiger partial charge in [-0.15, -0.1) is 0 Å². The lowest BCUT2D eigenvalue weighted by molar-refractivity contribution is -0.142. The second kappa shape index (κ2) is 8.95. The predicted molar refractivity (Wildman–Crippen MR) is 134 cm³/mol. The zero-order valence-corrected chi connectivity index (χ0v) is 19.8. The summed E-state index contributed by atoms with van der Waals surface area (Å²) in [7, 11) is 0. The third-order valence-corrected chi connectivity index (χ3v) is 6.78. The highest BCUT2D eigenvalue weighted by atomic mass is 35.5. The van der Waals surface area contributed by atoms with E-state index in [1.54, 1.807) is 6.07 Å². The first-order valence-corrected chi connectivity index (χ1v) is 11.7. The quantitative estimate of drug-likeness (QED) is 0.407. The van der Waals surface area contributed by atoms with Crippen LogP contribution in [0.3, 0.4) is 0 Å². The summed E-state index contributed by atoms with van der Waals surface area (Å²) in [6.07, 6.45) is -0.00427. The van der Waals surface area contributed by atoms with Crippen molar-refractivity contribution in [1.29, 1.82) is 0 Å². The van der Waals surface area contributed by atoms with Crippen LogP contribution in [0, 0.1) is 6.92 Å². The Hall–Kier alpha value is -3.64. The molecule has 6 nitrogen and oxygen atoms in total. The summed E-state index contributed by atoms with van der Waals surface area (Å²) in [6, 6.07) is 22.1. The molecule has 2 atom stereocenters. The Bertz CT molecular complexity index is 1380. The van der Waals surface area contributed by atoms with Crippen LogP contribution in [0.15, 0.2) is 72.8 Å². The second-order valence-corrected chi connectivity index (χ2v) is 9.10. The van der Waals surface area contributed by atoms with Gasteiger partial charge in [-0.1, -0.05) is 60.1 Å². The number of carbonyl (C=O) groups is 2. The molecule has 0 aliphatic carbocycles. The number of anilines is 1. The standard InChI is InChI=1S/C27H25ClN4O2/c1-17-12-13-20(14-21(17)28)29-25(33)15-24-27(34)31(16-19-8-4-3-5-9-19)18(2)26-30-22-10-6-7-11-23(22)32(24)26/h3-14,18,24H,15-16H2,1-2H3,(H,29,33). The van der Waals surface area contributed by atoms with E-state index in [0.717, 1.165) is 28.0 Å². The van der Waals surface area contributed by atoms with Gasteiger partial charge in [-0.25, -0.2) is 4.98 Å². The lowest BCUT2D eigenvalue weighted by Gasteiger charge is -2.38. The molecule has 2 unspecified atom stereocenters. The van der Waals surface area contributed by atoms with Crippen LogP contribution in [0.5, 0.6) is 0 Å². The Morgan fingerprint density at radius 1 is 1.06 bits per heavy atom. The van der Waals surface area contributed by atoms with Crippen molar-refractivity contribution >= 4 is 40.1 Å². The van der Waals surface area contributed by atoms with E-state index in [1.165, 1.54) is 0 Å². The van der Waals surface area contributed by atoms with Crippen molar-refractivity contribution in [2.24, 2.45) is 0 Å². The SMILES string of the molecule is Cc1ccc(NC(=O)CC2C(=O)N(Cc3ccccc3)C(C)c3nc4ccccc4n32)cc1Cl. The average molecular weight is 473 g/mol. The number of hydrogen-bond acceptors (Lipinski definition) is 3. The molecule has 0 saturated heterocycles. The molecular weight excluding hydrogens is 448 g/mol. The molecule has 34 heavy (non-hydrogen) atoms.